The number of carbonyl (C=O) groups is 1. The summed E-state index contributed by atoms with van der Waals surface area (Å²) < 4.78 is 10.1. The van der Waals surface area contributed by atoms with Crippen molar-refractivity contribution in [1.82, 2.24) is 5.32 Å². The van der Waals surface area contributed by atoms with Gasteiger partial charge in [-0.05, 0) is 13.8 Å². The molecule has 0 fully saturated rings. The van der Waals surface area contributed by atoms with E-state index >= 15 is 0 Å². The van der Waals surface area contributed by atoms with Gasteiger partial charge in [0, 0.05) is 12.6 Å². The zero-order valence-electron chi connectivity index (χ0n) is 9.50. The van der Waals surface area contributed by atoms with Crippen LogP contribution in [0.15, 0.2) is 0 Å². The molecule has 0 aromatic heterocycles. The summed E-state index contributed by atoms with van der Waals surface area (Å²) in [6.45, 7) is 9.29. The molecule has 0 aromatic rings. The van der Waals surface area contributed by atoms with Crippen LogP contribution in [0.25, 0.3) is 0 Å². The van der Waals surface area contributed by atoms with Gasteiger partial charge in [0.2, 0.25) is 0 Å². The second kappa shape index (κ2) is 7.76. The molecule has 0 aliphatic heterocycles. The summed E-state index contributed by atoms with van der Waals surface area (Å²) in [6, 6.07) is 0.441. The molecule has 0 aromatic carbocycles. The van der Waals surface area contributed by atoms with E-state index in [1.807, 2.05) is 0 Å². The van der Waals surface area contributed by atoms with Crippen LogP contribution >= 0.6 is 0 Å². The SMILES string of the molecule is CCOC(=O)C(C)OCCNC(C)C. The van der Waals surface area contributed by atoms with Gasteiger partial charge in [0.05, 0.1) is 13.2 Å². The molecule has 4 heteroatoms. The highest BCUT2D eigenvalue weighted by Gasteiger charge is 2.13. The Morgan fingerprint density at radius 2 is 2.00 bits per heavy atom. The van der Waals surface area contributed by atoms with E-state index in [9.17, 15) is 4.79 Å². The smallest absolute Gasteiger partial charge is 0.334 e. The van der Waals surface area contributed by atoms with Gasteiger partial charge < -0.3 is 14.8 Å². The highest BCUT2D eigenvalue weighted by Crippen LogP contribution is 1.93. The van der Waals surface area contributed by atoms with Crippen molar-refractivity contribution in [2.45, 2.75) is 39.8 Å². The lowest BCUT2D eigenvalue weighted by Gasteiger charge is -2.13. The summed E-state index contributed by atoms with van der Waals surface area (Å²) in [5.74, 6) is -0.294. The molecule has 0 spiro atoms. The molecule has 14 heavy (non-hydrogen) atoms. The highest BCUT2D eigenvalue weighted by atomic mass is 16.6. The van der Waals surface area contributed by atoms with Gasteiger partial charge >= 0.3 is 5.97 Å². The molecule has 0 amide bonds. The van der Waals surface area contributed by atoms with E-state index in [2.05, 4.69) is 19.2 Å². The third kappa shape index (κ3) is 6.86. The molecule has 1 N–H and O–H groups in total. The van der Waals surface area contributed by atoms with Crippen LogP contribution in [0.3, 0.4) is 0 Å². The Kier molecular flexibility index (Phi) is 7.42. The lowest BCUT2D eigenvalue weighted by molar-refractivity contribution is -0.155. The van der Waals surface area contributed by atoms with E-state index in [0.717, 1.165) is 6.54 Å². The van der Waals surface area contributed by atoms with Crippen LogP contribution in [-0.2, 0) is 14.3 Å². The quantitative estimate of drug-likeness (QED) is 0.494. The molecule has 84 valence electrons. The zero-order valence-corrected chi connectivity index (χ0v) is 9.50. The van der Waals surface area contributed by atoms with E-state index in [0.29, 0.717) is 19.3 Å². The first-order valence-corrected chi connectivity index (χ1v) is 5.09. The number of esters is 1. The second-order valence-corrected chi connectivity index (χ2v) is 3.37. The Morgan fingerprint density at radius 1 is 1.36 bits per heavy atom. The molecule has 0 radical (unpaired) electrons. The number of nitrogens with one attached hydrogen (secondary N) is 1. The molecular formula is C10H21NO3. The van der Waals surface area contributed by atoms with Gasteiger partial charge in [-0.3, -0.25) is 0 Å². The van der Waals surface area contributed by atoms with Crippen LogP contribution in [0.5, 0.6) is 0 Å². The number of carbonyl (C=O) groups excluding carboxylic acids is 1. The van der Waals surface area contributed by atoms with Gasteiger partial charge in [-0.1, -0.05) is 13.8 Å². The normalized spacial score (nSPS) is 12.9. The topological polar surface area (TPSA) is 47.6 Å². The fourth-order valence-electron chi connectivity index (χ4n) is 0.911. The zero-order chi connectivity index (χ0) is 11.0. The summed E-state index contributed by atoms with van der Waals surface area (Å²) in [4.78, 5) is 11.1. The van der Waals surface area contributed by atoms with Crippen molar-refractivity contribution in [2.75, 3.05) is 19.8 Å². The monoisotopic (exact) mass is 203 g/mol. The van der Waals surface area contributed by atoms with Crippen molar-refractivity contribution in [3.05, 3.63) is 0 Å². The van der Waals surface area contributed by atoms with Gasteiger partial charge in [0.25, 0.3) is 0 Å². The molecular weight excluding hydrogens is 182 g/mol. The minimum atomic E-state index is -0.469. The Balaban J connectivity index is 3.43. The number of hydrogen-bond acceptors (Lipinski definition) is 4. The van der Waals surface area contributed by atoms with Crippen LogP contribution in [0.2, 0.25) is 0 Å². The fourth-order valence-corrected chi connectivity index (χ4v) is 0.911. The van der Waals surface area contributed by atoms with Gasteiger partial charge in [0.1, 0.15) is 0 Å². The lowest BCUT2D eigenvalue weighted by Crippen LogP contribution is -2.30. The molecule has 0 aliphatic rings. The first kappa shape index (κ1) is 13.4. The molecule has 0 heterocycles. The summed E-state index contributed by atoms with van der Waals surface area (Å²) in [7, 11) is 0. The standard InChI is InChI=1S/C10H21NO3/c1-5-13-10(12)9(4)14-7-6-11-8(2)3/h8-9,11H,5-7H2,1-4H3. The number of ether oxygens (including phenoxy) is 2. The fraction of sp³-hybridized carbons (Fsp3) is 0.900. The van der Waals surface area contributed by atoms with Crippen molar-refractivity contribution < 1.29 is 14.3 Å². The maximum atomic E-state index is 11.1. The maximum Gasteiger partial charge on any atom is 0.334 e. The molecule has 0 bridgehead atoms. The van der Waals surface area contributed by atoms with Crippen LogP contribution in [0.4, 0.5) is 0 Å². The average molecular weight is 203 g/mol. The highest BCUT2D eigenvalue weighted by molar-refractivity contribution is 5.74. The van der Waals surface area contributed by atoms with Crippen LogP contribution in [0, 0.1) is 0 Å². The van der Waals surface area contributed by atoms with Crippen molar-refractivity contribution >= 4 is 5.97 Å². The molecule has 1 unspecified atom stereocenters. The van der Waals surface area contributed by atoms with Crippen molar-refractivity contribution in [3.63, 3.8) is 0 Å². The minimum Gasteiger partial charge on any atom is -0.464 e. The summed E-state index contributed by atoms with van der Waals surface area (Å²) >= 11 is 0. The Labute approximate surface area is 86.0 Å². The van der Waals surface area contributed by atoms with E-state index in [1.54, 1.807) is 13.8 Å². The van der Waals surface area contributed by atoms with Crippen LogP contribution in [0.1, 0.15) is 27.7 Å². The molecule has 0 aliphatic carbocycles. The van der Waals surface area contributed by atoms with Gasteiger partial charge in [-0.15, -0.1) is 0 Å². The number of hydrogen-bond donors (Lipinski definition) is 1. The Hall–Kier alpha value is -0.610. The maximum absolute atomic E-state index is 11.1. The predicted octanol–water partition coefficient (Wildman–Crippen LogP) is 0.953. The third-order valence-corrected chi connectivity index (χ3v) is 1.64. The van der Waals surface area contributed by atoms with E-state index < -0.39 is 6.10 Å². The van der Waals surface area contributed by atoms with E-state index in [-0.39, 0.29) is 5.97 Å². The van der Waals surface area contributed by atoms with E-state index in [1.165, 1.54) is 0 Å². The Morgan fingerprint density at radius 3 is 2.50 bits per heavy atom. The van der Waals surface area contributed by atoms with Crippen LogP contribution < -0.4 is 5.32 Å². The second-order valence-electron chi connectivity index (χ2n) is 3.37. The largest absolute Gasteiger partial charge is 0.464 e. The molecule has 0 saturated heterocycles. The summed E-state index contributed by atoms with van der Waals surface area (Å²) in [5.41, 5.74) is 0. The van der Waals surface area contributed by atoms with Crippen molar-refractivity contribution in [3.8, 4) is 0 Å². The third-order valence-electron chi connectivity index (χ3n) is 1.64. The minimum absolute atomic E-state index is 0.294. The van der Waals surface area contributed by atoms with Crippen LogP contribution in [-0.4, -0.2) is 37.9 Å². The molecule has 0 saturated carbocycles. The first-order valence-electron chi connectivity index (χ1n) is 5.09. The predicted molar refractivity (Wildman–Crippen MR) is 55.2 cm³/mol. The van der Waals surface area contributed by atoms with Gasteiger partial charge in [0.15, 0.2) is 6.10 Å². The summed E-state index contributed by atoms with van der Waals surface area (Å²) in [5, 5.41) is 3.19. The number of rotatable bonds is 7. The van der Waals surface area contributed by atoms with Gasteiger partial charge in [-0.2, -0.15) is 0 Å². The van der Waals surface area contributed by atoms with Gasteiger partial charge in [-0.25, -0.2) is 4.79 Å². The lowest BCUT2D eigenvalue weighted by atomic mass is 10.4. The van der Waals surface area contributed by atoms with Crippen molar-refractivity contribution in [2.24, 2.45) is 0 Å². The molecule has 1 atom stereocenters. The van der Waals surface area contributed by atoms with E-state index in [4.69, 9.17) is 9.47 Å². The molecule has 0 rings (SSSR count). The summed E-state index contributed by atoms with van der Waals surface area (Å²) in [6.07, 6.45) is -0.469. The molecule has 4 nitrogen and oxygen atoms in total. The Bertz CT molecular complexity index is 159. The first-order chi connectivity index (χ1) is 6.57. The van der Waals surface area contributed by atoms with Crippen molar-refractivity contribution in [1.29, 1.82) is 0 Å². The average Bonchev–Trinajstić information content (AvgIpc) is 2.12.